The molecule has 0 fully saturated rings. The molecular formula is C9H10ClN5. The van der Waals surface area contributed by atoms with E-state index in [2.05, 4.69) is 15.1 Å². The Morgan fingerprint density at radius 2 is 2.00 bits per heavy atom. The summed E-state index contributed by atoms with van der Waals surface area (Å²) < 4.78 is 1.65. The van der Waals surface area contributed by atoms with Crippen molar-refractivity contribution in [1.29, 1.82) is 0 Å². The number of nitrogens with zero attached hydrogens (tertiary/aromatic N) is 4. The first kappa shape index (κ1) is 10.1. The van der Waals surface area contributed by atoms with Gasteiger partial charge < -0.3 is 5.73 Å². The summed E-state index contributed by atoms with van der Waals surface area (Å²) in [6.45, 7) is 0. The van der Waals surface area contributed by atoms with Crippen molar-refractivity contribution >= 4 is 11.6 Å². The average molecular weight is 224 g/mol. The van der Waals surface area contributed by atoms with Gasteiger partial charge in [-0.05, 0) is 0 Å². The molecule has 0 aliphatic heterocycles. The molecule has 2 rings (SSSR count). The second-order valence-corrected chi connectivity index (χ2v) is 3.56. The fraction of sp³-hybridized carbons (Fsp3) is 0.222. The summed E-state index contributed by atoms with van der Waals surface area (Å²) in [4.78, 5) is 7.82. The lowest BCUT2D eigenvalue weighted by Crippen LogP contribution is -2.16. The molecule has 2 N–H and O–H groups in total. The predicted octanol–water partition coefficient (Wildman–Crippen LogP) is 0.912. The Morgan fingerprint density at radius 3 is 2.53 bits per heavy atom. The summed E-state index contributed by atoms with van der Waals surface area (Å²) in [6, 6.07) is -0.355. The highest BCUT2D eigenvalue weighted by Gasteiger charge is 2.17. The molecule has 5 nitrogen and oxygen atoms in total. The molecule has 1 atom stereocenters. The Hall–Kier alpha value is -1.46. The van der Waals surface area contributed by atoms with Crippen LogP contribution in [0.4, 0.5) is 0 Å². The molecule has 0 bridgehead atoms. The molecule has 0 spiro atoms. The number of rotatable bonds is 2. The molecule has 15 heavy (non-hydrogen) atoms. The number of aromatic nitrogens is 4. The van der Waals surface area contributed by atoms with E-state index in [9.17, 15) is 0 Å². The topological polar surface area (TPSA) is 69.6 Å². The van der Waals surface area contributed by atoms with Gasteiger partial charge in [0.15, 0.2) is 0 Å². The van der Waals surface area contributed by atoms with E-state index in [1.54, 1.807) is 30.3 Å². The summed E-state index contributed by atoms with van der Waals surface area (Å²) in [6.07, 6.45) is 6.36. The SMILES string of the molecule is Cn1ncc(Cl)c1C(N)c1cncnc1. The summed E-state index contributed by atoms with van der Waals surface area (Å²) >= 11 is 5.99. The Kier molecular flexibility index (Phi) is 2.66. The van der Waals surface area contributed by atoms with Crippen LogP contribution in [0.25, 0.3) is 0 Å². The molecule has 0 radical (unpaired) electrons. The van der Waals surface area contributed by atoms with Crippen molar-refractivity contribution < 1.29 is 0 Å². The molecule has 2 aromatic rings. The summed E-state index contributed by atoms with van der Waals surface area (Å²) in [5.41, 5.74) is 7.60. The zero-order valence-electron chi connectivity index (χ0n) is 8.13. The van der Waals surface area contributed by atoms with Crippen molar-refractivity contribution in [3.05, 3.63) is 41.2 Å². The van der Waals surface area contributed by atoms with Crippen LogP contribution < -0.4 is 5.73 Å². The highest BCUT2D eigenvalue weighted by atomic mass is 35.5. The predicted molar refractivity (Wildman–Crippen MR) is 56.3 cm³/mol. The normalized spacial score (nSPS) is 12.7. The number of nitrogens with two attached hydrogens (primary N) is 1. The Balaban J connectivity index is 2.41. The zero-order chi connectivity index (χ0) is 10.8. The van der Waals surface area contributed by atoms with Gasteiger partial charge in [0.1, 0.15) is 6.33 Å². The van der Waals surface area contributed by atoms with Crippen molar-refractivity contribution in [1.82, 2.24) is 19.7 Å². The van der Waals surface area contributed by atoms with Crippen LogP contribution >= 0.6 is 11.6 Å². The van der Waals surface area contributed by atoms with Crippen LogP contribution in [0, 0.1) is 0 Å². The molecule has 78 valence electrons. The lowest BCUT2D eigenvalue weighted by molar-refractivity contribution is 0.670. The molecule has 0 saturated heterocycles. The molecule has 0 aliphatic carbocycles. The maximum absolute atomic E-state index is 6.04. The Morgan fingerprint density at radius 1 is 1.33 bits per heavy atom. The second-order valence-electron chi connectivity index (χ2n) is 3.15. The maximum Gasteiger partial charge on any atom is 0.115 e. The monoisotopic (exact) mass is 223 g/mol. The quantitative estimate of drug-likeness (QED) is 0.822. The van der Waals surface area contributed by atoms with Crippen LogP contribution in [-0.2, 0) is 7.05 Å². The molecule has 2 heterocycles. The second kappa shape index (κ2) is 3.96. The largest absolute Gasteiger partial charge is 0.319 e. The van der Waals surface area contributed by atoms with Crippen molar-refractivity contribution in [3.8, 4) is 0 Å². The van der Waals surface area contributed by atoms with E-state index in [1.807, 2.05) is 0 Å². The maximum atomic E-state index is 6.04. The number of hydrogen-bond donors (Lipinski definition) is 1. The van der Waals surface area contributed by atoms with Crippen LogP contribution in [0.2, 0.25) is 5.02 Å². The first-order valence-electron chi connectivity index (χ1n) is 4.38. The third-order valence-electron chi connectivity index (χ3n) is 2.17. The van der Waals surface area contributed by atoms with Gasteiger partial charge in [0.25, 0.3) is 0 Å². The smallest absolute Gasteiger partial charge is 0.115 e. The summed E-state index contributed by atoms with van der Waals surface area (Å²) in [5, 5.41) is 4.58. The lowest BCUT2D eigenvalue weighted by Gasteiger charge is -2.11. The Labute approximate surface area is 91.9 Å². The van der Waals surface area contributed by atoms with Crippen LogP contribution in [0.15, 0.2) is 24.9 Å². The van der Waals surface area contributed by atoms with Crippen LogP contribution in [0.3, 0.4) is 0 Å². The highest BCUT2D eigenvalue weighted by molar-refractivity contribution is 6.31. The summed E-state index contributed by atoms with van der Waals surface area (Å²) in [7, 11) is 1.80. The molecular weight excluding hydrogens is 214 g/mol. The third-order valence-corrected chi connectivity index (χ3v) is 2.46. The number of halogens is 1. The van der Waals surface area contributed by atoms with Gasteiger partial charge in [-0.15, -0.1) is 0 Å². The van der Waals surface area contributed by atoms with Crippen molar-refractivity contribution in [2.45, 2.75) is 6.04 Å². The first-order valence-corrected chi connectivity index (χ1v) is 4.76. The van der Waals surface area contributed by atoms with E-state index in [0.29, 0.717) is 5.02 Å². The number of aryl methyl sites for hydroxylation is 1. The van der Waals surface area contributed by atoms with E-state index < -0.39 is 0 Å². The van der Waals surface area contributed by atoms with Gasteiger partial charge in [-0.2, -0.15) is 5.10 Å². The van der Waals surface area contributed by atoms with Crippen molar-refractivity contribution in [3.63, 3.8) is 0 Å². The van der Waals surface area contributed by atoms with Gasteiger partial charge in [0.2, 0.25) is 0 Å². The van der Waals surface area contributed by atoms with Crippen LogP contribution in [0.1, 0.15) is 17.3 Å². The van der Waals surface area contributed by atoms with E-state index in [1.165, 1.54) is 6.33 Å². The highest BCUT2D eigenvalue weighted by Crippen LogP contribution is 2.24. The first-order chi connectivity index (χ1) is 7.20. The van der Waals surface area contributed by atoms with E-state index in [0.717, 1.165) is 11.3 Å². The minimum absolute atomic E-state index is 0.355. The van der Waals surface area contributed by atoms with Gasteiger partial charge in [-0.3, -0.25) is 4.68 Å². The molecule has 0 saturated carbocycles. The fourth-order valence-corrected chi connectivity index (χ4v) is 1.68. The zero-order valence-corrected chi connectivity index (χ0v) is 8.89. The van der Waals surface area contributed by atoms with Gasteiger partial charge >= 0.3 is 0 Å². The van der Waals surface area contributed by atoms with Crippen LogP contribution in [-0.4, -0.2) is 19.7 Å². The molecule has 0 aliphatic rings. The van der Waals surface area contributed by atoms with Gasteiger partial charge in [0.05, 0.1) is 23.0 Å². The summed E-state index contributed by atoms with van der Waals surface area (Å²) in [5.74, 6) is 0. The molecule has 1 unspecified atom stereocenters. The average Bonchev–Trinajstić information content (AvgIpc) is 2.59. The fourth-order valence-electron chi connectivity index (χ4n) is 1.40. The molecule has 0 aromatic carbocycles. The van der Waals surface area contributed by atoms with E-state index in [4.69, 9.17) is 17.3 Å². The van der Waals surface area contributed by atoms with Crippen LogP contribution in [0.5, 0.6) is 0 Å². The minimum atomic E-state index is -0.355. The van der Waals surface area contributed by atoms with E-state index >= 15 is 0 Å². The molecule has 0 amide bonds. The van der Waals surface area contributed by atoms with Gasteiger partial charge in [-0.25, -0.2) is 9.97 Å². The molecule has 2 aromatic heterocycles. The van der Waals surface area contributed by atoms with E-state index in [-0.39, 0.29) is 6.04 Å². The third kappa shape index (κ3) is 1.84. The lowest BCUT2D eigenvalue weighted by atomic mass is 10.1. The van der Waals surface area contributed by atoms with Gasteiger partial charge in [-0.1, -0.05) is 11.6 Å². The standard InChI is InChI=1S/C9H10ClN5/c1-15-9(7(10)4-14-15)8(11)6-2-12-5-13-3-6/h2-5,8H,11H2,1H3. The Bertz CT molecular complexity index is 433. The van der Waals surface area contributed by atoms with Crippen molar-refractivity contribution in [2.75, 3.05) is 0 Å². The number of hydrogen-bond acceptors (Lipinski definition) is 4. The van der Waals surface area contributed by atoms with Crippen molar-refractivity contribution in [2.24, 2.45) is 12.8 Å². The van der Waals surface area contributed by atoms with Gasteiger partial charge in [0, 0.05) is 25.0 Å². The minimum Gasteiger partial charge on any atom is -0.319 e. The molecule has 6 heteroatoms.